The van der Waals surface area contributed by atoms with Crippen LogP contribution in [0.5, 0.6) is 17.2 Å². The van der Waals surface area contributed by atoms with E-state index in [1.807, 2.05) is 25.1 Å². The van der Waals surface area contributed by atoms with Crippen molar-refractivity contribution in [3.05, 3.63) is 53.1 Å². The lowest BCUT2D eigenvalue weighted by Crippen LogP contribution is -2.32. The summed E-state index contributed by atoms with van der Waals surface area (Å²) in [7, 11) is 3.17. The molecule has 5 nitrogen and oxygen atoms in total. The monoisotopic (exact) mass is 363 g/mol. The van der Waals surface area contributed by atoms with Crippen molar-refractivity contribution >= 4 is 17.5 Å². The van der Waals surface area contributed by atoms with Crippen LogP contribution in [0.15, 0.2) is 42.5 Å². The number of carbonyl (C=O) groups is 1. The molecule has 0 saturated heterocycles. The Morgan fingerprint density at radius 1 is 1.12 bits per heavy atom. The number of ether oxygens (including phenoxy) is 3. The first-order valence-corrected chi connectivity index (χ1v) is 8.34. The van der Waals surface area contributed by atoms with Crippen molar-refractivity contribution in [3.63, 3.8) is 0 Å². The third-order valence-electron chi connectivity index (χ3n) is 3.72. The Morgan fingerprint density at radius 2 is 1.88 bits per heavy atom. The third kappa shape index (κ3) is 5.29. The van der Waals surface area contributed by atoms with Crippen LogP contribution in [0.1, 0.15) is 24.9 Å². The molecular formula is C19H22ClNO4. The standard InChI is InChI=1S/C19H22ClNO4/c1-4-16(13-8-9-17(23-2)18(10-13)24-3)21-19(22)12-25-15-7-5-6-14(20)11-15/h5-11,16H,4,12H2,1-3H3,(H,21,22)/t16-/m1/s1. The Bertz CT molecular complexity index is 720. The first-order chi connectivity index (χ1) is 12.1. The van der Waals surface area contributed by atoms with Gasteiger partial charge in [-0.3, -0.25) is 4.79 Å². The number of halogens is 1. The summed E-state index contributed by atoms with van der Waals surface area (Å²) in [5.74, 6) is 1.63. The molecule has 2 rings (SSSR count). The highest BCUT2D eigenvalue weighted by Crippen LogP contribution is 2.30. The lowest BCUT2D eigenvalue weighted by Gasteiger charge is -2.19. The SMILES string of the molecule is CC[C@@H](NC(=O)COc1cccc(Cl)c1)c1ccc(OC)c(OC)c1. The molecule has 25 heavy (non-hydrogen) atoms. The number of carbonyl (C=O) groups excluding carboxylic acids is 1. The average molecular weight is 364 g/mol. The molecule has 0 aliphatic heterocycles. The molecule has 1 atom stereocenters. The quantitative estimate of drug-likeness (QED) is 0.770. The van der Waals surface area contributed by atoms with Crippen molar-refractivity contribution in [1.29, 1.82) is 0 Å². The Labute approximate surface area is 152 Å². The lowest BCUT2D eigenvalue weighted by atomic mass is 10.0. The van der Waals surface area contributed by atoms with Crippen LogP contribution in [-0.4, -0.2) is 26.7 Å². The molecule has 134 valence electrons. The summed E-state index contributed by atoms with van der Waals surface area (Å²) in [5.41, 5.74) is 0.941. The van der Waals surface area contributed by atoms with E-state index in [9.17, 15) is 4.79 Å². The van der Waals surface area contributed by atoms with Crippen molar-refractivity contribution in [1.82, 2.24) is 5.32 Å². The number of benzene rings is 2. The fourth-order valence-electron chi connectivity index (χ4n) is 2.43. The normalized spacial score (nSPS) is 11.5. The molecule has 0 aromatic heterocycles. The minimum Gasteiger partial charge on any atom is -0.493 e. The number of nitrogens with one attached hydrogen (secondary N) is 1. The van der Waals surface area contributed by atoms with E-state index in [0.717, 1.165) is 12.0 Å². The van der Waals surface area contributed by atoms with Crippen LogP contribution < -0.4 is 19.5 Å². The molecule has 0 aliphatic carbocycles. The van der Waals surface area contributed by atoms with E-state index in [1.54, 1.807) is 38.5 Å². The molecule has 0 fully saturated rings. The summed E-state index contributed by atoms with van der Waals surface area (Å²) in [4.78, 5) is 12.2. The summed E-state index contributed by atoms with van der Waals surface area (Å²) >= 11 is 5.90. The second kappa shape index (κ2) is 9.18. The van der Waals surface area contributed by atoms with E-state index < -0.39 is 0 Å². The van der Waals surface area contributed by atoms with Gasteiger partial charge in [0.25, 0.3) is 5.91 Å². The van der Waals surface area contributed by atoms with E-state index in [1.165, 1.54) is 0 Å². The molecule has 0 heterocycles. The molecule has 6 heteroatoms. The smallest absolute Gasteiger partial charge is 0.258 e. The van der Waals surface area contributed by atoms with Crippen LogP contribution in [0.3, 0.4) is 0 Å². The summed E-state index contributed by atoms with van der Waals surface area (Å²) in [5, 5.41) is 3.53. The minimum atomic E-state index is -0.207. The number of rotatable bonds is 8. The van der Waals surface area contributed by atoms with Gasteiger partial charge < -0.3 is 19.5 Å². The van der Waals surface area contributed by atoms with Crippen LogP contribution in [-0.2, 0) is 4.79 Å². The van der Waals surface area contributed by atoms with E-state index >= 15 is 0 Å². The van der Waals surface area contributed by atoms with Gasteiger partial charge >= 0.3 is 0 Å². The highest BCUT2D eigenvalue weighted by Gasteiger charge is 2.15. The molecule has 0 unspecified atom stereocenters. The van der Waals surface area contributed by atoms with Gasteiger partial charge in [0.15, 0.2) is 18.1 Å². The van der Waals surface area contributed by atoms with Gasteiger partial charge in [-0.2, -0.15) is 0 Å². The van der Waals surface area contributed by atoms with Crippen LogP contribution in [0.4, 0.5) is 0 Å². The molecule has 0 aliphatic rings. The minimum absolute atomic E-state index is 0.0792. The second-order valence-corrected chi connectivity index (χ2v) is 5.83. The Kier molecular flexibility index (Phi) is 6.95. The van der Waals surface area contributed by atoms with Crippen molar-refractivity contribution in [2.45, 2.75) is 19.4 Å². The summed E-state index contributed by atoms with van der Waals surface area (Å²) in [6.07, 6.45) is 0.735. The predicted molar refractivity (Wildman–Crippen MR) is 97.7 cm³/mol. The highest BCUT2D eigenvalue weighted by molar-refractivity contribution is 6.30. The molecule has 0 saturated carbocycles. The average Bonchev–Trinajstić information content (AvgIpc) is 2.64. The molecular weight excluding hydrogens is 342 g/mol. The third-order valence-corrected chi connectivity index (χ3v) is 3.95. The number of methoxy groups -OCH3 is 2. The molecule has 0 bridgehead atoms. The van der Waals surface area contributed by atoms with Gasteiger partial charge in [0, 0.05) is 5.02 Å². The number of hydrogen-bond acceptors (Lipinski definition) is 4. The largest absolute Gasteiger partial charge is 0.493 e. The maximum absolute atomic E-state index is 12.2. The molecule has 0 radical (unpaired) electrons. The van der Waals surface area contributed by atoms with Gasteiger partial charge in [-0.05, 0) is 42.3 Å². The molecule has 2 aromatic carbocycles. The Balaban J connectivity index is 2.00. The molecule has 1 amide bonds. The van der Waals surface area contributed by atoms with Crippen molar-refractivity contribution < 1.29 is 19.0 Å². The van der Waals surface area contributed by atoms with Crippen LogP contribution in [0, 0.1) is 0 Å². The molecule has 0 spiro atoms. The maximum Gasteiger partial charge on any atom is 0.258 e. The van der Waals surface area contributed by atoms with Crippen molar-refractivity contribution in [2.24, 2.45) is 0 Å². The number of amides is 1. The highest BCUT2D eigenvalue weighted by atomic mass is 35.5. The topological polar surface area (TPSA) is 56.8 Å². The van der Waals surface area contributed by atoms with Crippen molar-refractivity contribution in [3.8, 4) is 17.2 Å². The van der Waals surface area contributed by atoms with E-state index in [-0.39, 0.29) is 18.6 Å². The zero-order chi connectivity index (χ0) is 18.2. The molecule has 2 aromatic rings. The van der Waals surface area contributed by atoms with Gasteiger partial charge in [-0.1, -0.05) is 30.7 Å². The predicted octanol–water partition coefficient (Wildman–Crippen LogP) is 4.00. The summed E-state index contributed by atoms with van der Waals surface area (Å²) in [6, 6.07) is 12.4. The lowest BCUT2D eigenvalue weighted by molar-refractivity contribution is -0.123. The van der Waals surface area contributed by atoms with E-state index in [0.29, 0.717) is 22.3 Å². The van der Waals surface area contributed by atoms with E-state index in [2.05, 4.69) is 5.32 Å². The number of hydrogen-bond donors (Lipinski definition) is 1. The fraction of sp³-hybridized carbons (Fsp3) is 0.316. The first kappa shape index (κ1) is 18.9. The van der Waals surface area contributed by atoms with Crippen molar-refractivity contribution in [2.75, 3.05) is 20.8 Å². The van der Waals surface area contributed by atoms with Crippen LogP contribution >= 0.6 is 11.6 Å². The maximum atomic E-state index is 12.2. The van der Waals surface area contributed by atoms with Gasteiger partial charge in [0.1, 0.15) is 5.75 Å². The Hall–Kier alpha value is -2.40. The zero-order valence-corrected chi connectivity index (χ0v) is 15.3. The zero-order valence-electron chi connectivity index (χ0n) is 14.5. The van der Waals surface area contributed by atoms with Crippen LogP contribution in [0.25, 0.3) is 0 Å². The summed E-state index contributed by atoms with van der Waals surface area (Å²) < 4.78 is 16.0. The fourth-order valence-corrected chi connectivity index (χ4v) is 2.61. The Morgan fingerprint density at radius 3 is 2.52 bits per heavy atom. The van der Waals surface area contributed by atoms with Crippen LogP contribution in [0.2, 0.25) is 5.02 Å². The van der Waals surface area contributed by atoms with E-state index in [4.69, 9.17) is 25.8 Å². The first-order valence-electron chi connectivity index (χ1n) is 7.97. The molecule has 1 N–H and O–H groups in total. The van der Waals surface area contributed by atoms with Gasteiger partial charge in [0.2, 0.25) is 0 Å². The van der Waals surface area contributed by atoms with Gasteiger partial charge in [-0.25, -0.2) is 0 Å². The summed E-state index contributed by atoms with van der Waals surface area (Å²) in [6.45, 7) is 1.92. The van der Waals surface area contributed by atoms with Gasteiger partial charge in [-0.15, -0.1) is 0 Å². The van der Waals surface area contributed by atoms with Gasteiger partial charge in [0.05, 0.1) is 20.3 Å². The second-order valence-electron chi connectivity index (χ2n) is 5.39.